The van der Waals surface area contributed by atoms with Gasteiger partial charge in [-0.3, -0.25) is 0 Å². The smallest absolute Gasteiger partial charge is 0.00915 e. The summed E-state index contributed by atoms with van der Waals surface area (Å²) in [5, 5.41) is 3.76. The minimum absolute atomic E-state index is 0. The van der Waals surface area contributed by atoms with Crippen molar-refractivity contribution in [1.82, 2.24) is 10.2 Å². The zero-order valence-electron chi connectivity index (χ0n) is 10.9. The molecule has 2 saturated carbocycles. The van der Waals surface area contributed by atoms with Gasteiger partial charge in [-0.25, -0.2) is 0 Å². The summed E-state index contributed by atoms with van der Waals surface area (Å²) >= 11 is 0. The highest BCUT2D eigenvalue weighted by Crippen LogP contribution is 2.29. The van der Waals surface area contributed by atoms with Gasteiger partial charge in [-0.1, -0.05) is 6.42 Å². The molecule has 1 saturated heterocycles. The number of rotatable bonds is 5. The van der Waals surface area contributed by atoms with Crippen molar-refractivity contribution >= 4 is 12.4 Å². The molecule has 1 aliphatic heterocycles. The predicted octanol–water partition coefficient (Wildman–Crippen LogP) is 2.67. The van der Waals surface area contributed by atoms with Crippen molar-refractivity contribution in [2.24, 2.45) is 11.8 Å². The third-order valence-electron chi connectivity index (χ3n) is 4.72. The Morgan fingerprint density at radius 2 is 1.59 bits per heavy atom. The van der Waals surface area contributed by atoms with E-state index in [2.05, 4.69) is 10.2 Å². The van der Waals surface area contributed by atoms with Crippen LogP contribution in [0, 0.1) is 11.8 Å². The Hall–Kier alpha value is 0.210. The Kier molecular flexibility index (Phi) is 5.13. The average molecular weight is 259 g/mol. The van der Waals surface area contributed by atoms with Crippen LogP contribution in [0.1, 0.15) is 44.9 Å². The molecule has 3 fully saturated rings. The fourth-order valence-corrected chi connectivity index (χ4v) is 3.02. The summed E-state index contributed by atoms with van der Waals surface area (Å²) in [5.41, 5.74) is 0. The topological polar surface area (TPSA) is 15.3 Å². The minimum atomic E-state index is 0. The van der Waals surface area contributed by atoms with E-state index in [1.165, 1.54) is 71.1 Å². The Labute approximate surface area is 112 Å². The zero-order chi connectivity index (χ0) is 10.8. The molecule has 1 N–H and O–H groups in total. The molecule has 0 aromatic heterocycles. The van der Waals surface area contributed by atoms with E-state index in [0.29, 0.717) is 0 Å². The number of halogens is 1. The number of hydrogen-bond acceptors (Lipinski definition) is 2. The van der Waals surface area contributed by atoms with Crippen LogP contribution in [-0.2, 0) is 0 Å². The largest absolute Gasteiger partial charge is 0.314 e. The van der Waals surface area contributed by atoms with E-state index in [9.17, 15) is 0 Å². The summed E-state index contributed by atoms with van der Waals surface area (Å²) < 4.78 is 0. The summed E-state index contributed by atoms with van der Waals surface area (Å²) in [6, 6.07) is 0.832. The Balaban J connectivity index is 0.00000108. The molecule has 0 aromatic carbocycles. The number of hydrogen-bond donors (Lipinski definition) is 1. The molecule has 0 radical (unpaired) electrons. The highest BCUT2D eigenvalue weighted by atomic mass is 35.5. The monoisotopic (exact) mass is 258 g/mol. The van der Waals surface area contributed by atoms with Crippen molar-refractivity contribution in [1.29, 1.82) is 0 Å². The van der Waals surface area contributed by atoms with Crippen LogP contribution in [0.5, 0.6) is 0 Å². The van der Waals surface area contributed by atoms with Gasteiger partial charge in [0.15, 0.2) is 0 Å². The molecule has 2 nitrogen and oxygen atoms in total. The maximum Gasteiger partial charge on any atom is 0.00915 e. The van der Waals surface area contributed by atoms with Crippen LogP contribution in [0.3, 0.4) is 0 Å². The van der Waals surface area contributed by atoms with Gasteiger partial charge in [0.25, 0.3) is 0 Å². The lowest BCUT2D eigenvalue weighted by Crippen LogP contribution is -2.45. The molecule has 1 heterocycles. The van der Waals surface area contributed by atoms with Crippen LogP contribution in [0.25, 0.3) is 0 Å². The van der Waals surface area contributed by atoms with E-state index in [-0.39, 0.29) is 12.4 Å². The van der Waals surface area contributed by atoms with Crippen molar-refractivity contribution < 1.29 is 0 Å². The number of likely N-dealkylation sites (tertiary alicyclic amines) is 1. The minimum Gasteiger partial charge on any atom is -0.314 e. The normalized spacial score (nSPS) is 27.5. The molecule has 100 valence electrons. The lowest BCUT2D eigenvalue weighted by atomic mass is 9.84. The second-order valence-corrected chi connectivity index (χ2v) is 6.22. The standard InChI is InChI=1S/C14H26N2.ClH/c1-2-13(3-1)11-16-8-6-14(7-9-16)15-10-12-4-5-12;/h12-15H,1-11H2;1H. The van der Waals surface area contributed by atoms with Gasteiger partial charge in [0.05, 0.1) is 0 Å². The van der Waals surface area contributed by atoms with Crippen molar-refractivity contribution in [2.75, 3.05) is 26.2 Å². The van der Waals surface area contributed by atoms with Crippen molar-refractivity contribution in [3.05, 3.63) is 0 Å². The molecule has 3 aliphatic rings. The summed E-state index contributed by atoms with van der Waals surface area (Å²) in [5.74, 6) is 2.09. The first-order valence-corrected chi connectivity index (χ1v) is 7.36. The summed E-state index contributed by atoms with van der Waals surface area (Å²) in [6.45, 7) is 5.39. The van der Waals surface area contributed by atoms with E-state index in [1.54, 1.807) is 0 Å². The van der Waals surface area contributed by atoms with E-state index >= 15 is 0 Å². The van der Waals surface area contributed by atoms with Crippen molar-refractivity contribution in [2.45, 2.75) is 51.0 Å². The van der Waals surface area contributed by atoms with Crippen LogP contribution in [-0.4, -0.2) is 37.1 Å². The lowest BCUT2D eigenvalue weighted by Gasteiger charge is -2.37. The molecule has 2 aliphatic carbocycles. The summed E-state index contributed by atoms with van der Waals surface area (Å²) in [4.78, 5) is 2.71. The Morgan fingerprint density at radius 3 is 2.12 bits per heavy atom. The summed E-state index contributed by atoms with van der Waals surface area (Å²) in [7, 11) is 0. The second-order valence-electron chi connectivity index (χ2n) is 6.22. The van der Waals surface area contributed by atoms with Gasteiger partial charge in [0.2, 0.25) is 0 Å². The SMILES string of the molecule is C1CC(CN2CCC(NCC3CC3)CC2)C1.Cl. The summed E-state index contributed by atoms with van der Waals surface area (Å²) in [6.07, 6.45) is 10.2. The van der Waals surface area contributed by atoms with Gasteiger partial charge in [-0.05, 0) is 70.0 Å². The third-order valence-corrected chi connectivity index (χ3v) is 4.72. The lowest BCUT2D eigenvalue weighted by molar-refractivity contribution is 0.140. The highest BCUT2D eigenvalue weighted by molar-refractivity contribution is 5.85. The van der Waals surface area contributed by atoms with Gasteiger partial charge >= 0.3 is 0 Å². The molecule has 0 spiro atoms. The first kappa shape index (κ1) is 13.6. The second kappa shape index (κ2) is 6.40. The molecule has 0 unspecified atom stereocenters. The molecule has 0 aromatic rings. The number of piperidine rings is 1. The predicted molar refractivity (Wildman–Crippen MR) is 74.8 cm³/mol. The number of nitrogens with one attached hydrogen (secondary N) is 1. The third kappa shape index (κ3) is 4.11. The van der Waals surface area contributed by atoms with E-state index in [1.807, 2.05) is 0 Å². The molecular weight excluding hydrogens is 232 g/mol. The zero-order valence-corrected chi connectivity index (χ0v) is 11.7. The van der Waals surface area contributed by atoms with Gasteiger partial charge < -0.3 is 10.2 Å². The van der Waals surface area contributed by atoms with E-state index in [4.69, 9.17) is 0 Å². The molecular formula is C14H27ClN2. The van der Waals surface area contributed by atoms with Crippen LogP contribution in [0.4, 0.5) is 0 Å². The Bertz CT molecular complexity index is 218. The van der Waals surface area contributed by atoms with Crippen LogP contribution < -0.4 is 5.32 Å². The highest BCUT2D eigenvalue weighted by Gasteiger charge is 2.26. The number of nitrogens with zero attached hydrogens (tertiary/aromatic N) is 1. The fraction of sp³-hybridized carbons (Fsp3) is 1.00. The molecule has 0 atom stereocenters. The Morgan fingerprint density at radius 1 is 0.882 bits per heavy atom. The van der Waals surface area contributed by atoms with Crippen LogP contribution in [0.2, 0.25) is 0 Å². The van der Waals surface area contributed by atoms with Gasteiger partial charge in [0, 0.05) is 12.6 Å². The molecule has 3 rings (SSSR count). The molecule has 0 bridgehead atoms. The molecule has 3 heteroatoms. The molecule has 0 amide bonds. The first-order chi connectivity index (χ1) is 7.90. The maximum atomic E-state index is 3.76. The van der Waals surface area contributed by atoms with Gasteiger partial charge in [-0.2, -0.15) is 0 Å². The van der Waals surface area contributed by atoms with Gasteiger partial charge in [0.1, 0.15) is 0 Å². The quantitative estimate of drug-likeness (QED) is 0.816. The van der Waals surface area contributed by atoms with Crippen molar-refractivity contribution in [3.63, 3.8) is 0 Å². The van der Waals surface area contributed by atoms with E-state index in [0.717, 1.165) is 17.9 Å². The maximum absolute atomic E-state index is 3.76. The average Bonchev–Trinajstić information content (AvgIpc) is 3.06. The van der Waals surface area contributed by atoms with Crippen LogP contribution in [0.15, 0.2) is 0 Å². The fourth-order valence-electron chi connectivity index (χ4n) is 3.02. The van der Waals surface area contributed by atoms with E-state index < -0.39 is 0 Å². The molecule has 17 heavy (non-hydrogen) atoms. The van der Waals surface area contributed by atoms with Crippen LogP contribution >= 0.6 is 12.4 Å². The first-order valence-electron chi connectivity index (χ1n) is 7.36. The van der Waals surface area contributed by atoms with Crippen molar-refractivity contribution in [3.8, 4) is 0 Å². The van der Waals surface area contributed by atoms with Gasteiger partial charge in [-0.15, -0.1) is 12.4 Å².